The van der Waals surface area contributed by atoms with E-state index in [1.165, 1.54) is 22.8 Å². The number of nitrogens with zero attached hydrogens (tertiary/aromatic N) is 5. The van der Waals surface area contributed by atoms with Crippen molar-refractivity contribution in [3.63, 3.8) is 0 Å². The monoisotopic (exact) mass is 549 g/mol. The van der Waals surface area contributed by atoms with Gasteiger partial charge >= 0.3 is 5.69 Å². The summed E-state index contributed by atoms with van der Waals surface area (Å²) < 4.78 is 32.0. The summed E-state index contributed by atoms with van der Waals surface area (Å²) in [5, 5.41) is 20.3. The highest BCUT2D eigenvalue weighted by molar-refractivity contribution is 5.91. The Labute approximate surface area is 231 Å². The fourth-order valence-corrected chi connectivity index (χ4v) is 5.53. The molecule has 8 nitrogen and oxygen atoms in total. The van der Waals surface area contributed by atoms with Gasteiger partial charge in [-0.2, -0.15) is 4.98 Å². The molecule has 0 amide bonds. The van der Waals surface area contributed by atoms with Crippen molar-refractivity contribution in [2.24, 2.45) is 0 Å². The molecule has 1 aromatic carbocycles. The van der Waals surface area contributed by atoms with Crippen LogP contribution in [0.4, 0.5) is 14.6 Å². The average molecular weight is 550 g/mol. The topological polar surface area (TPSA) is 104 Å². The number of halogens is 2. The molecule has 0 unspecified atom stereocenters. The lowest BCUT2D eigenvalue weighted by molar-refractivity contribution is 0.288. The first-order valence-corrected chi connectivity index (χ1v) is 13.7. The number of aliphatic hydroxyl groups excluding tert-OH is 1. The number of piperidine rings is 1. The van der Waals surface area contributed by atoms with Crippen LogP contribution in [-0.4, -0.2) is 48.9 Å². The van der Waals surface area contributed by atoms with Crippen LogP contribution < -0.4 is 10.6 Å². The van der Waals surface area contributed by atoms with E-state index in [1.54, 1.807) is 12.3 Å². The predicted octanol–water partition coefficient (Wildman–Crippen LogP) is 5.25. The highest BCUT2D eigenvalue weighted by Gasteiger charge is 2.28. The van der Waals surface area contributed by atoms with Gasteiger partial charge < -0.3 is 15.1 Å². The van der Waals surface area contributed by atoms with Crippen molar-refractivity contribution in [3.8, 4) is 22.7 Å². The second-order valence-corrected chi connectivity index (χ2v) is 10.6. The van der Waals surface area contributed by atoms with Gasteiger partial charge in [0.05, 0.1) is 22.3 Å². The quantitative estimate of drug-likeness (QED) is 0.324. The maximum atomic E-state index is 15.8. The number of pyridine rings is 2. The minimum atomic E-state index is -0.846. The van der Waals surface area contributed by atoms with Crippen LogP contribution in [0.2, 0.25) is 0 Å². The molecule has 1 fully saturated rings. The van der Waals surface area contributed by atoms with Crippen molar-refractivity contribution in [1.82, 2.24) is 19.5 Å². The minimum absolute atomic E-state index is 0.0430. The molecule has 1 saturated heterocycles. The maximum Gasteiger partial charge on any atom is 0.355 e. The van der Waals surface area contributed by atoms with Crippen molar-refractivity contribution < 1.29 is 19.0 Å². The zero-order valence-corrected chi connectivity index (χ0v) is 22.9. The van der Waals surface area contributed by atoms with E-state index in [0.717, 1.165) is 30.9 Å². The molecule has 0 saturated carbocycles. The van der Waals surface area contributed by atoms with Gasteiger partial charge in [0.2, 0.25) is 0 Å². The molecule has 0 radical (unpaired) electrons. The van der Waals surface area contributed by atoms with Crippen molar-refractivity contribution >= 4 is 16.9 Å². The second kappa shape index (κ2) is 11.3. The molecular weight excluding hydrogens is 516 g/mol. The number of aromatic nitrogens is 4. The van der Waals surface area contributed by atoms with Gasteiger partial charge in [-0.1, -0.05) is 19.9 Å². The first-order chi connectivity index (χ1) is 19.2. The number of rotatable bonds is 7. The Bertz CT molecular complexity index is 1600. The average Bonchev–Trinajstić information content (AvgIpc) is 2.92. The van der Waals surface area contributed by atoms with Gasteiger partial charge in [0.15, 0.2) is 11.5 Å². The molecule has 10 heteroatoms. The van der Waals surface area contributed by atoms with Gasteiger partial charge in [-0.3, -0.25) is 4.98 Å². The van der Waals surface area contributed by atoms with E-state index in [9.17, 15) is 19.4 Å². The minimum Gasteiger partial charge on any atom is -0.507 e. The van der Waals surface area contributed by atoms with Crippen molar-refractivity contribution in [3.05, 3.63) is 69.9 Å². The van der Waals surface area contributed by atoms with Crippen LogP contribution in [0.15, 0.2) is 41.3 Å². The van der Waals surface area contributed by atoms with Crippen LogP contribution >= 0.6 is 0 Å². The van der Waals surface area contributed by atoms with Gasteiger partial charge in [0.1, 0.15) is 23.1 Å². The molecule has 3 aromatic heterocycles. The van der Waals surface area contributed by atoms with E-state index in [2.05, 4.69) is 15.0 Å². The molecule has 40 heavy (non-hydrogen) atoms. The molecule has 1 atom stereocenters. The summed E-state index contributed by atoms with van der Waals surface area (Å²) in [7, 11) is 0. The Morgan fingerprint density at radius 2 is 1.93 bits per heavy atom. The molecule has 4 aromatic rings. The highest BCUT2D eigenvalue weighted by Crippen LogP contribution is 2.37. The van der Waals surface area contributed by atoms with E-state index in [-0.39, 0.29) is 29.8 Å². The number of phenolic OH excluding ortho intramolecular Hbond substituents is 1. The van der Waals surface area contributed by atoms with Gasteiger partial charge in [0, 0.05) is 25.4 Å². The number of aromatic hydroxyl groups is 1. The van der Waals surface area contributed by atoms with Gasteiger partial charge in [-0.25, -0.2) is 23.1 Å². The third-order valence-electron chi connectivity index (χ3n) is 7.52. The Kier molecular flexibility index (Phi) is 7.80. The Hall–Kier alpha value is -3.92. The molecule has 0 aliphatic carbocycles. The molecule has 1 aliphatic heterocycles. The summed E-state index contributed by atoms with van der Waals surface area (Å²) in [6.07, 6.45) is 5.40. The summed E-state index contributed by atoms with van der Waals surface area (Å²) in [6.45, 7) is 6.54. The number of aryl methyl sites for hydroxylation is 1. The molecule has 4 heterocycles. The molecular formula is C30H33F2N5O3. The maximum absolute atomic E-state index is 15.8. The van der Waals surface area contributed by atoms with Crippen LogP contribution in [0, 0.1) is 11.6 Å². The number of hydrogen-bond donors (Lipinski definition) is 2. The molecule has 0 spiro atoms. The van der Waals surface area contributed by atoms with Gasteiger partial charge in [-0.15, -0.1) is 0 Å². The number of phenols is 1. The first-order valence-electron chi connectivity index (χ1n) is 13.7. The van der Waals surface area contributed by atoms with Crippen LogP contribution in [0.1, 0.15) is 63.6 Å². The fourth-order valence-electron chi connectivity index (χ4n) is 5.53. The molecule has 1 aliphatic rings. The second-order valence-electron chi connectivity index (χ2n) is 10.6. The lowest BCUT2D eigenvalue weighted by Crippen LogP contribution is -2.40. The van der Waals surface area contributed by atoms with E-state index >= 15 is 4.39 Å². The van der Waals surface area contributed by atoms with Crippen LogP contribution in [0.25, 0.3) is 28.0 Å². The van der Waals surface area contributed by atoms with E-state index in [0.29, 0.717) is 42.0 Å². The third kappa shape index (κ3) is 4.92. The zero-order chi connectivity index (χ0) is 28.6. The van der Waals surface area contributed by atoms with E-state index < -0.39 is 28.8 Å². The number of fused-ring (bicyclic) bond motifs is 1. The Morgan fingerprint density at radius 3 is 2.62 bits per heavy atom. The smallest absolute Gasteiger partial charge is 0.355 e. The lowest BCUT2D eigenvalue weighted by Gasteiger charge is -2.35. The molecule has 2 N–H and O–H groups in total. The van der Waals surface area contributed by atoms with Gasteiger partial charge in [-0.05, 0) is 74.8 Å². The molecule has 0 bridgehead atoms. The van der Waals surface area contributed by atoms with Crippen molar-refractivity contribution in [2.75, 3.05) is 18.1 Å². The summed E-state index contributed by atoms with van der Waals surface area (Å²) >= 11 is 0. The Morgan fingerprint density at radius 1 is 1.12 bits per heavy atom. The van der Waals surface area contributed by atoms with Crippen LogP contribution in [-0.2, 0) is 6.42 Å². The van der Waals surface area contributed by atoms with E-state index in [4.69, 9.17) is 0 Å². The molecule has 5 rings (SSSR count). The summed E-state index contributed by atoms with van der Waals surface area (Å²) in [4.78, 5) is 29.5. The number of benzene rings is 1. The molecule has 210 valence electrons. The van der Waals surface area contributed by atoms with Gasteiger partial charge in [0.25, 0.3) is 0 Å². The largest absolute Gasteiger partial charge is 0.507 e. The SMILES string of the molecule is CC(C)c1nccc(CCCO)c1-n1c(=O)nc(N2CCCC[C@@H]2C)c2cc(F)c(-c3c(O)cccc3F)nc21. The van der Waals surface area contributed by atoms with Crippen molar-refractivity contribution in [2.45, 2.75) is 64.8 Å². The zero-order valence-electron chi connectivity index (χ0n) is 22.9. The van der Waals surface area contributed by atoms with E-state index in [1.807, 2.05) is 25.7 Å². The summed E-state index contributed by atoms with van der Waals surface area (Å²) in [6, 6.07) is 6.77. The van der Waals surface area contributed by atoms with Crippen molar-refractivity contribution in [1.29, 1.82) is 0 Å². The number of aliphatic hydroxyl groups is 1. The van der Waals surface area contributed by atoms with Crippen LogP contribution in [0.3, 0.4) is 0 Å². The Balaban J connectivity index is 1.91. The first kappa shape index (κ1) is 27.6. The normalized spacial score (nSPS) is 15.8. The number of anilines is 1. The highest BCUT2D eigenvalue weighted by atomic mass is 19.1. The lowest BCUT2D eigenvalue weighted by atomic mass is 10.0. The predicted molar refractivity (Wildman–Crippen MR) is 150 cm³/mol. The number of hydrogen-bond acceptors (Lipinski definition) is 7. The third-order valence-corrected chi connectivity index (χ3v) is 7.52. The van der Waals surface area contributed by atoms with Crippen LogP contribution in [0.5, 0.6) is 5.75 Å². The fraction of sp³-hybridized carbons (Fsp3) is 0.400. The summed E-state index contributed by atoms with van der Waals surface area (Å²) in [5.74, 6) is -1.92. The summed E-state index contributed by atoms with van der Waals surface area (Å²) in [5.41, 5.74) is 0.498. The standard InChI is InChI=1S/C30H33F2N5O3/c1-17(2)25-27(19(9-7-15-38)12-13-33-25)37-29-20(28(35-30(37)40)36-14-5-4-8-18(36)3)16-22(32)26(34-29)24-21(31)10-6-11-23(24)39/h6,10-13,16-18,38-39H,4-5,7-9,14-15H2,1-3H3/t18-/m0/s1.